The van der Waals surface area contributed by atoms with Crippen LogP contribution in [-0.4, -0.2) is 185 Å². The van der Waals surface area contributed by atoms with E-state index in [4.69, 9.17) is 33.2 Å². The molecule has 4 aliphatic carbocycles. The number of esters is 6. The Hall–Kier alpha value is -4.11. The average molecular weight is 1190 g/mol. The van der Waals surface area contributed by atoms with Crippen LogP contribution in [0.25, 0.3) is 0 Å². The number of unbranched alkanes of at least 4 members (excludes halogenated alkanes) is 1. The van der Waals surface area contributed by atoms with E-state index in [-0.39, 0.29) is 124 Å². The number of hydrogen-bond donors (Lipinski definition) is 3. The lowest BCUT2D eigenvalue weighted by Gasteiger charge is -2.63. The maximum Gasteiger partial charge on any atom is 0.407 e. The molecule has 484 valence electrons. The van der Waals surface area contributed by atoms with Gasteiger partial charge in [0.05, 0.1) is 45.5 Å². The topological polar surface area (TPSA) is 246 Å². The van der Waals surface area contributed by atoms with Gasteiger partial charge in [0.1, 0.15) is 40.2 Å². The Labute approximate surface area is 503 Å². The second-order valence-corrected chi connectivity index (χ2v) is 30.3. The lowest BCUT2D eigenvalue weighted by Crippen LogP contribution is -2.62. The molecule has 0 aliphatic heterocycles. The highest BCUT2D eigenvalue weighted by Crippen LogP contribution is 2.68. The molecule has 4 rings (SSSR count). The minimum Gasteiger partial charge on any atom is -0.469 e. The predicted octanol–water partition coefficient (Wildman–Crippen LogP) is 8.42. The second kappa shape index (κ2) is 29.7. The van der Waals surface area contributed by atoms with E-state index in [1.165, 1.54) is 7.11 Å². The van der Waals surface area contributed by atoms with E-state index < -0.39 is 82.2 Å². The number of aliphatic hydroxyl groups is 2. The third-order valence-corrected chi connectivity index (χ3v) is 17.6. The molecular weight excluding hydrogens is 1080 g/mol. The van der Waals surface area contributed by atoms with Gasteiger partial charge in [-0.15, -0.1) is 0 Å². The summed E-state index contributed by atoms with van der Waals surface area (Å²) in [6.07, 6.45) is 5.46. The van der Waals surface area contributed by atoms with Gasteiger partial charge >= 0.3 is 41.9 Å². The van der Waals surface area contributed by atoms with Crippen molar-refractivity contribution in [3.8, 4) is 0 Å². The van der Waals surface area contributed by atoms with Gasteiger partial charge in [0, 0.05) is 39.1 Å². The maximum atomic E-state index is 14.5. The average Bonchev–Trinajstić information content (AvgIpc) is 1.85. The summed E-state index contributed by atoms with van der Waals surface area (Å²) in [6, 6.07) is -0.899. The molecule has 4 aliphatic rings. The Morgan fingerprint density at radius 2 is 1.06 bits per heavy atom. The van der Waals surface area contributed by atoms with Crippen molar-refractivity contribution in [2.24, 2.45) is 46.3 Å². The summed E-state index contributed by atoms with van der Waals surface area (Å²) >= 11 is 0. The molecule has 0 spiro atoms. The largest absolute Gasteiger partial charge is 0.469 e. The smallest absolute Gasteiger partial charge is 0.407 e. The first-order valence-corrected chi connectivity index (χ1v) is 31.2. The van der Waals surface area contributed by atoms with E-state index in [0.717, 1.165) is 19.3 Å². The summed E-state index contributed by atoms with van der Waals surface area (Å²) in [6.45, 7) is 32.7. The lowest BCUT2D eigenvalue weighted by molar-refractivity contribution is -0.207. The Kier molecular flexibility index (Phi) is 25.6. The molecule has 0 saturated heterocycles. The van der Waals surface area contributed by atoms with Gasteiger partial charge < -0.3 is 48.7 Å². The summed E-state index contributed by atoms with van der Waals surface area (Å²) < 4.78 is 39.7. The summed E-state index contributed by atoms with van der Waals surface area (Å²) in [5.74, 6) is -2.08. The van der Waals surface area contributed by atoms with Gasteiger partial charge in [0.2, 0.25) is 0 Å². The number of carbonyl (C=O) groups is 7. The fraction of sp³-hybridized carbons (Fsp3) is 0.891. The van der Waals surface area contributed by atoms with Gasteiger partial charge in [-0.1, -0.05) is 20.8 Å². The highest BCUT2D eigenvalue weighted by atomic mass is 16.6. The van der Waals surface area contributed by atoms with Crippen molar-refractivity contribution < 1.29 is 76.9 Å². The number of rotatable bonds is 26. The monoisotopic (exact) mass is 1190 g/mol. The molecule has 20 heteroatoms. The highest BCUT2D eigenvalue weighted by molar-refractivity contribution is 5.77. The standard InChI is InChI=1S/C64H112N4O16/c1-41(23-26-50(71)78-19)44-24-25-45-55-46(36-49(70)64(44,45)18)63(17)28-27-43(34-42(63)35-48(55)69)79-57(77)65-29-21-20-22-47(56(76)84-62(14,15)16)68(32-30-66(37-51(72)80-58(2,3)4)38-52(73)81-59(5,6)7)33-31-67(39-53(74)82-60(8,9)10)40-54(75)83-61(11,12)13/h41-49,55,69-70H,20-40H2,1-19H3,(H,65,77)/t41-,42+,43-,44-,45+,46+,47?,48-,49+,55+,63+,64-/m1/s1. The van der Waals surface area contributed by atoms with Crippen molar-refractivity contribution in [2.45, 2.75) is 254 Å². The SMILES string of the molecule is COC(=O)CC[C@@H](C)[C@H]1CC[C@H]2[C@@H]3[C@H](O)C[C@@H]4C[C@H](OC(=O)NCCCCC(C(=O)OC(C)(C)C)N(CCN(CC(=O)OC(C)(C)C)CC(=O)OC(C)(C)C)CCN(CC(=O)OC(C)(C)C)CC(=O)OC(C)(C)C)CC[C@]4(C)[C@H]3C[C@H](O)[C@]12C. The fourth-order valence-electron chi connectivity index (χ4n) is 14.2. The highest BCUT2D eigenvalue weighted by Gasteiger charge is 2.66. The van der Waals surface area contributed by atoms with Gasteiger partial charge in [0.25, 0.3) is 0 Å². The van der Waals surface area contributed by atoms with Crippen LogP contribution in [0.1, 0.15) is 202 Å². The van der Waals surface area contributed by atoms with Gasteiger partial charge in [-0.05, 0) is 221 Å². The molecule has 0 aromatic heterocycles. The van der Waals surface area contributed by atoms with Crippen LogP contribution in [0.4, 0.5) is 4.79 Å². The molecule has 20 nitrogen and oxygen atoms in total. The van der Waals surface area contributed by atoms with Crippen LogP contribution in [-0.2, 0) is 61.9 Å². The van der Waals surface area contributed by atoms with Crippen LogP contribution in [0.15, 0.2) is 0 Å². The zero-order valence-corrected chi connectivity index (χ0v) is 55.1. The lowest BCUT2D eigenvalue weighted by atomic mass is 9.43. The molecular formula is C64H112N4O16. The molecule has 1 unspecified atom stereocenters. The number of amides is 1. The number of carbonyl (C=O) groups excluding carboxylic acids is 7. The van der Waals surface area contributed by atoms with Crippen LogP contribution in [0, 0.1) is 46.3 Å². The molecule has 0 heterocycles. The Balaban J connectivity index is 1.50. The third-order valence-electron chi connectivity index (χ3n) is 17.6. The Morgan fingerprint density at radius 1 is 0.583 bits per heavy atom. The summed E-state index contributed by atoms with van der Waals surface area (Å²) in [5.41, 5.74) is -4.59. The number of alkyl carbamates (subject to hydrolysis) is 1. The van der Waals surface area contributed by atoms with Crippen LogP contribution >= 0.6 is 0 Å². The molecule has 1 amide bonds. The molecule has 4 fully saturated rings. The summed E-state index contributed by atoms with van der Waals surface area (Å²) in [7, 11) is 1.41. The summed E-state index contributed by atoms with van der Waals surface area (Å²) in [5, 5.41) is 27.1. The van der Waals surface area contributed by atoms with Crippen molar-refractivity contribution in [1.82, 2.24) is 20.0 Å². The van der Waals surface area contributed by atoms with E-state index in [1.807, 2.05) is 4.90 Å². The van der Waals surface area contributed by atoms with Crippen molar-refractivity contribution >= 4 is 41.9 Å². The van der Waals surface area contributed by atoms with Crippen LogP contribution in [0.3, 0.4) is 0 Å². The van der Waals surface area contributed by atoms with E-state index in [9.17, 15) is 43.8 Å². The number of hydrogen-bond acceptors (Lipinski definition) is 19. The van der Waals surface area contributed by atoms with Crippen molar-refractivity contribution in [3.63, 3.8) is 0 Å². The van der Waals surface area contributed by atoms with E-state index in [1.54, 1.807) is 114 Å². The van der Waals surface area contributed by atoms with Gasteiger partial charge in [-0.2, -0.15) is 0 Å². The quantitative estimate of drug-likeness (QED) is 0.0418. The van der Waals surface area contributed by atoms with Gasteiger partial charge in [0.15, 0.2) is 0 Å². The fourth-order valence-corrected chi connectivity index (χ4v) is 14.2. The van der Waals surface area contributed by atoms with Crippen molar-refractivity contribution in [1.29, 1.82) is 0 Å². The first-order chi connectivity index (χ1) is 38.5. The molecule has 0 radical (unpaired) electrons. The minimum atomic E-state index is -0.899. The maximum absolute atomic E-state index is 14.5. The molecule has 0 bridgehead atoms. The first kappa shape index (κ1) is 72.4. The number of ether oxygens (including phenoxy) is 7. The second-order valence-electron chi connectivity index (χ2n) is 30.3. The number of nitrogens with one attached hydrogen (secondary N) is 1. The Morgan fingerprint density at radius 3 is 1.51 bits per heavy atom. The van der Waals surface area contributed by atoms with Crippen LogP contribution in [0.5, 0.6) is 0 Å². The normalized spacial score (nSPS) is 27.1. The van der Waals surface area contributed by atoms with Gasteiger partial charge in [-0.3, -0.25) is 43.5 Å². The third kappa shape index (κ3) is 22.6. The molecule has 84 heavy (non-hydrogen) atoms. The Bertz CT molecular complexity index is 2080. The van der Waals surface area contributed by atoms with Crippen molar-refractivity contribution in [2.75, 3.05) is 66.0 Å². The zero-order valence-electron chi connectivity index (χ0n) is 55.1. The number of nitrogens with zero attached hydrogens (tertiary/aromatic N) is 3. The first-order valence-electron chi connectivity index (χ1n) is 31.2. The zero-order chi connectivity index (χ0) is 63.6. The van der Waals surface area contributed by atoms with E-state index in [0.29, 0.717) is 51.4 Å². The van der Waals surface area contributed by atoms with E-state index in [2.05, 4.69) is 26.1 Å². The summed E-state index contributed by atoms with van der Waals surface area (Å²) in [4.78, 5) is 98.5. The van der Waals surface area contributed by atoms with Crippen LogP contribution < -0.4 is 5.32 Å². The van der Waals surface area contributed by atoms with E-state index >= 15 is 0 Å². The number of fused-ring (bicyclic) bond motifs is 5. The predicted molar refractivity (Wildman–Crippen MR) is 318 cm³/mol. The van der Waals surface area contributed by atoms with Crippen molar-refractivity contribution in [3.05, 3.63) is 0 Å². The number of aliphatic hydroxyl groups excluding tert-OH is 2. The molecule has 12 atom stereocenters. The minimum absolute atomic E-state index is 0.0613. The molecule has 0 aromatic rings. The molecule has 3 N–H and O–H groups in total. The van der Waals surface area contributed by atoms with Gasteiger partial charge in [-0.25, -0.2) is 4.79 Å². The number of methoxy groups -OCH3 is 1. The molecule has 4 saturated carbocycles. The van der Waals surface area contributed by atoms with Crippen LogP contribution in [0.2, 0.25) is 0 Å². The molecule has 0 aromatic carbocycles.